The van der Waals surface area contributed by atoms with E-state index in [1.807, 2.05) is 98.9 Å². The van der Waals surface area contributed by atoms with Crippen molar-refractivity contribution in [1.29, 1.82) is 0 Å². The van der Waals surface area contributed by atoms with Gasteiger partial charge in [-0.05, 0) is 66.0 Å². The zero-order chi connectivity index (χ0) is 34.9. The van der Waals surface area contributed by atoms with E-state index < -0.39 is 55.9 Å². The molecule has 1 N–H and O–H groups in total. The summed E-state index contributed by atoms with van der Waals surface area (Å²) in [5.74, 6) is 1.36. The van der Waals surface area contributed by atoms with Crippen LogP contribution in [0.15, 0.2) is 101 Å². The maximum Gasteiger partial charge on any atom is 0.330 e. The third-order valence-corrected chi connectivity index (χ3v) is 14.0. The van der Waals surface area contributed by atoms with Crippen LogP contribution >= 0.6 is 0 Å². The smallest absolute Gasteiger partial charge is 0.330 e. The molecule has 3 aromatic carbocycles. The van der Waals surface area contributed by atoms with Crippen molar-refractivity contribution in [1.82, 2.24) is 9.55 Å². The second kappa shape index (κ2) is 13.8. The summed E-state index contributed by atoms with van der Waals surface area (Å²) in [5.41, 5.74) is -0.127. The number of aromatic amines is 1. The number of nitrogens with one attached hydrogen (secondary N) is 1. The monoisotopic (exact) mass is 676 g/mol. The molecule has 1 saturated heterocycles. The zero-order valence-corrected chi connectivity index (χ0v) is 29.7. The van der Waals surface area contributed by atoms with Gasteiger partial charge in [0.25, 0.3) is 5.56 Å². The van der Waals surface area contributed by atoms with Crippen LogP contribution in [0.2, 0.25) is 18.1 Å². The van der Waals surface area contributed by atoms with E-state index in [2.05, 4.69) is 25.8 Å². The topological polar surface area (TPSA) is 101 Å². The molecule has 1 fully saturated rings. The molecule has 4 aromatic rings. The van der Waals surface area contributed by atoms with Crippen LogP contribution in [0.25, 0.3) is 0 Å². The summed E-state index contributed by atoms with van der Waals surface area (Å²) >= 11 is 0. The molecule has 0 radical (unpaired) electrons. The second-order valence-corrected chi connectivity index (χ2v) is 18.4. The second-order valence-electron chi connectivity index (χ2n) is 13.6. The van der Waals surface area contributed by atoms with Crippen LogP contribution in [0, 0.1) is 0 Å². The molecule has 11 heteroatoms. The molecule has 256 valence electrons. The Morgan fingerprint density at radius 1 is 0.833 bits per heavy atom. The van der Waals surface area contributed by atoms with Crippen molar-refractivity contribution in [2.45, 2.75) is 82.1 Å². The minimum atomic E-state index is -2.57. The van der Waals surface area contributed by atoms with E-state index in [4.69, 9.17) is 23.4 Å². The first kappa shape index (κ1) is 35.3. The number of alkyl halides is 1. The molecule has 0 saturated carbocycles. The number of aromatic nitrogens is 2. The van der Waals surface area contributed by atoms with Crippen molar-refractivity contribution < 1.29 is 27.8 Å². The van der Waals surface area contributed by atoms with Crippen LogP contribution in [0.4, 0.5) is 4.39 Å². The Bertz CT molecular complexity index is 1740. The van der Waals surface area contributed by atoms with Crippen molar-refractivity contribution in [2.75, 3.05) is 14.2 Å². The van der Waals surface area contributed by atoms with E-state index in [-0.39, 0.29) is 5.04 Å². The van der Waals surface area contributed by atoms with E-state index >= 15 is 4.39 Å². The Morgan fingerprint density at radius 2 is 1.35 bits per heavy atom. The molecular formula is C37H45FN2O7Si. The average Bonchev–Trinajstić information content (AvgIpc) is 3.38. The lowest BCUT2D eigenvalue weighted by Gasteiger charge is -2.42. The number of hydrogen-bond donors (Lipinski definition) is 1. The summed E-state index contributed by atoms with van der Waals surface area (Å²) in [5, 5.41) is -0.242. The van der Waals surface area contributed by atoms with Gasteiger partial charge in [0.15, 0.2) is 20.7 Å². The van der Waals surface area contributed by atoms with Gasteiger partial charge in [0.05, 0.1) is 20.3 Å². The van der Waals surface area contributed by atoms with Crippen molar-refractivity contribution in [3.63, 3.8) is 0 Å². The maximum atomic E-state index is 16.8. The van der Waals surface area contributed by atoms with Gasteiger partial charge < -0.3 is 23.4 Å². The van der Waals surface area contributed by atoms with Gasteiger partial charge in [0.2, 0.25) is 0 Å². The highest BCUT2D eigenvalue weighted by Gasteiger charge is 2.54. The van der Waals surface area contributed by atoms with Gasteiger partial charge >= 0.3 is 5.69 Å². The van der Waals surface area contributed by atoms with Gasteiger partial charge in [0.1, 0.15) is 29.3 Å². The third kappa shape index (κ3) is 6.77. The number of rotatable bonds is 11. The molecule has 1 unspecified atom stereocenters. The molecule has 9 nitrogen and oxygen atoms in total. The summed E-state index contributed by atoms with van der Waals surface area (Å²) in [6.07, 6.45) is -4.66. The highest BCUT2D eigenvalue weighted by molar-refractivity contribution is 6.74. The predicted octanol–water partition coefficient (Wildman–Crippen LogP) is 6.58. The fraction of sp³-hybridized carbons (Fsp3) is 0.405. The summed E-state index contributed by atoms with van der Waals surface area (Å²) in [7, 11) is 0.648. The number of hydrogen-bond acceptors (Lipinski definition) is 7. The minimum Gasteiger partial charge on any atom is -0.497 e. The lowest BCUT2D eigenvalue weighted by Crippen LogP contribution is -2.51. The predicted molar refractivity (Wildman–Crippen MR) is 185 cm³/mol. The molecule has 0 amide bonds. The number of benzene rings is 3. The van der Waals surface area contributed by atoms with Gasteiger partial charge in [-0.1, -0.05) is 75.4 Å². The molecule has 0 bridgehead atoms. The van der Waals surface area contributed by atoms with E-state index in [1.165, 1.54) is 12.3 Å². The Kier molecular flexibility index (Phi) is 10.2. The zero-order valence-electron chi connectivity index (χ0n) is 28.7. The molecule has 48 heavy (non-hydrogen) atoms. The van der Waals surface area contributed by atoms with E-state index in [1.54, 1.807) is 14.2 Å². The van der Waals surface area contributed by atoms with Gasteiger partial charge in [-0.2, -0.15) is 0 Å². The molecule has 1 aliphatic rings. The normalized spacial score (nSPS) is 20.8. The van der Waals surface area contributed by atoms with Gasteiger partial charge in [-0.15, -0.1) is 0 Å². The van der Waals surface area contributed by atoms with Crippen LogP contribution in [0.1, 0.15) is 50.6 Å². The Hall–Kier alpha value is -4.03. The lowest BCUT2D eigenvalue weighted by atomic mass is 9.79. The fourth-order valence-corrected chi connectivity index (χ4v) is 7.20. The average molecular weight is 677 g/mol. The molecule has 5 atom stereocenters. The summed E-state index contributed by atoms with van der Waals surface area (Å²) in [6.45, 7) is 12.2. The number of nitrogens with zero attached hydrogens (tertiary/aromatic N) is 1. The Balaban J connectivity index is 1.66. The van der Waals surface area contributed by atoms with E-state index in [0.29, 0.717) is 11.5 Å². The standard InChI is InChI=1S/C37H45FN2O7Si/c1-24(32-33(47-48(7,8)36(2,3)4)31(38)34(45-32)40-23-22-30(41)39-35(40)42)46-37(25-12-10-9-11-13-25,26-14-18-28(43-5)19-15-26)27-16-20-29(44-6)21-17-27/h9-24,31-34H,1-8H3,(H,39,41,42)/t24-,31-,32?,33+,34-/m1/s1. The fourth-order valence-electron chi connectivity index (χ4n) is 5.90. The number of halogens is 1. The minimum absolute atomic E-state index is 0.242. The van der Waals surface area contributed by atoms with E-state index in [0.717, 1.165) is 21.3 Å². The van der Waals surface area contributed by atoms with Crippen molar-refractivity contribution in [3.8, 4) is 11.5 Å². The Morgan fingerprint density at radius 3 is 1.83 bits per heavy atom. The third-order valence-electron chi connectivity index (χ3n) is 9.57. The van der Waals surface area contributed by atoms with Crippen LogP contribution < -0.4 is 20.7 Å². The number of H-pyrrole nitrogens is 1. The summed E-state index contributed by atoms with van der Waals surface area (Å²) < 4.78 is 49.2. The van der Waals surface area contributed by atoms with Gasteiger partial charge in [0, 0.05) is 12.3 Å². The van der Waals surface area contributed by atoms with Crippen LogP contribution in [-0.4, -0.2) is 56.6 Å². The maximum absolute atomic E-state index is 16.8. The highest BCUT2D eigenvalue weighted by atomic mass is 28.4. The van der Waals surface area contributed by atoms with Crippen LogP contribution in [-0.2, 0) is 19.5 Å². The largest absolute Gasteiger partial charge is 0.497 e. The molecular weight excluding hydrogens is 631 g/mol. The van der Waals surface area contributed by atoms with Gasteiger partial charge in [-0.3, -0.25) is 14.3 Å². The molecule has 1 aliphatic heterocycles. The summed E-state index contributed by atoms with van der Waals surface area (Å²) in [6, 6.07) is 26.2. The molecule has 1 aromatic heterocycles. The molecule has 0 spiro atoms. The lowest BCUT2D eigenvalue weighted by molar-refractivity contribution is -0.136. The van der Waals surface area contributed by atoms with Crippen molar-refractivity contribution in [3.05, 3.63) is 129 Å². The van der Waals surface area contributed by atoms with Crippen LogP contribution in [0.5, 0.6) is 11.5 Å². The highest BCUT2D eigenvalue weighted by Crippen LogP contribution is 2.47. The molecule has 2 heterocycles. The first-order valence-electron chi connectivity index (χ1n) is 16.0. The van der Waals surface area contributed by atoms with Crippen molar-refractivity contribution >= 4 is 8.32 Å². The SMILES string of the molecule is COc1ccc(C(O[C@H](C)C2O[C@@H](n3ccc(=O)[nH]c3=O)[C@H](F)[C@@H]2O[Si](C)(C)C(C)(C)C)(c2ccccc2)c2ccc(OC)cc2)cc1. The number of ether oxygens (including phenoxy) is 4. The first-order chi connectivity index (χ1) is 22.7. The quantitative estimate of drug-likeness (QED) is 0.142. The van der Waals surface area contributed by atoms with Crippen LogP contribution in [0.3, 0.4) is 0 Å². The Labute approximate surface area is 281 Å². The van der Waals surface area contributed by atoms with E-state index in [9.17, 15) is 9.59 Å². The summed E-state index contributed by atoms with van der Waals surface area (Å²) in [4.78, 5) is 26.9. The molecule has 5 rings (SSSR count). The van der Waals surface area contributed by atoms with Gasteiger partial charge in [-0.25, -0.2) is 9.18 Å². The molecule has 0 aliphatic carbocycles. The first-order valence-corrected chi connectivity index (χ1v) is 18.9. The number of methoxy groups -OCH3 is 2. The van der Waals surface area contributed by atoms with Crippen molar-refractivity contribution in [2.24, 2.45) is 0 Å².